The van der Waals surface area contributed by atoms with E-state index in [4.69, 9.17) is 4.74 Å². The van der Waals surface area contributed by atoms with Gasteiger partial charge in [0.1, 0.15) is 0 Å². The van der Waals surface area contributed by atoms with Gasteiger partial charge in [0.2, 0.25) is 5.91 Å². The van der Waals surface area contributed by atoms with E-state index in [1.807, 2.05) is 0 Å². The molecule has 0 aromatic heterocycles. The van der Waals surface area contributed by atoms with Gasteiger partial charge < -0.3 is 20.0 Å². The number of fused-ring (bicyclic) bond motifs is 2. The van der Waals surface area contributed by atoms with Crippen LogP contribution >= 0.6 is 0 Å². The predicted molar refractivity (Wildman–Crippen MR) is 83.8 cm³/mol. The number of carboxylic acids is 1. The minimum absolute atomic E-state index is 0.0574. The number of carbonyl (C=O) groups is 3. The van der Waals surface area contributed by atoms with Crippen LogP contribution in [0.2, 0.25) is 0 Å². The number of nitrogens with one attached hydrogen (secondary N) is 1. The highest BCUT2D eigenvalue weighted by Gasteiger charge is 2.51. The van der Waals surface area contributed by atoms with Crippen LogP contribution in [-0.2, 0) is 14.3 Å². The number of benzene rings is 1. The highest BCUT2D eigenvalue weighted by atomic mass is 16.5. The van der Waals surface area contributed by atoms with Crippen molar-refractivity contribution in [1.29, 1.82) is 0 Å². The van der Waals surface area contributed by atoms with Crippen molar-refractivity contribution in [1.82, 2.24) is 0 Å². The molecule has 0 heterocycles. The van der Waals surface area contributed by atoms with E-state index in [2.05, 4.69) is 5.32 Å². The zero-order chi connectivity index (χ0) is 17.3. The number of carboxylic acid groups (broad SMARTS) is 1. The monoisotopic (exact) mass is 330 g/mol. The molecule has 24 heavy (non-hydrogen) atoms. The lowest BCUT2D eigenvalue weighted by Crippen LogP contribution is -2.43. The van der Waals surface area contributed by atoms with Gasteiger partial charge in [-0.2, -0.15) is 0 Å². The first kappa shape index (κ1) is 16.5. The van der Waals surface area contributed by atoms with Crippen molar-refractivity contribution in [2.75, 3.05) is 11.9 Å². The zero-order valence-corrected chi connectivity index (χ0v) is 13.5. The maximum Gasteiger partial charge on any atom is 0.338 e. The summed E-state index contributed by atoms with van der Waals surface area (Å²) in [6, 6.07) is 6.38. The molecule has 0 spiro atoms. The molecule has 2 bridgehead atoms. The number of ether oxygens (including phenoxy) is 1. The van der Waals surface area contributed by atoms with Gasteiger partial charge in [0, 0.05) is 23.5 Å². The van der Waals surface area contributed by atoms with E-state index in [9.17, 15) is 19.5 Å². The van der Waals surface area contributed by atoms with Crippen molar-refractivity contribution in [2.24, 2.45) is 23.7 Å². The van der Waals surface area contributed by atoms with Gasteiger partial charge in [-0.05, 0) is 62.3 Å². The van der Waals surface area contributed by atoms with Crippen molar-refractivity contribution < 1.29 is 24.2 Å². The van der Waals surface area contributed by atoms with Gasteiger partial charge in [-0.25, -0.2) is 4.79 Å². The minimum Gasteiger partial charge on any atom is -0.550 e. The van der Waals surface area contributed by atoms with Crippen LogP contribution in [0.1, 0.15) is 36.5 Å². The summed E-state index contributed by atoms with van der Waals surface area (Å²) >= 11 is 0. The third-order valence-corrected chi connectivity index (χ3v) is 5.15. The van der Waals surface area contributed by atoms with Crippen LogP contribution in [0.3, 0.4) is 0 Å². The van der Waals surface area contributed by atoms with Gasteiger partial charge >= 0.3 is 5.97 Å². The van der Waals surface area contributed by atoms with Crippen LogP contribution in [0.15, 0.2) is 24.3 Å². The second-order valence-electron chi connectivity index (χ2n) is 6.49. The Morgan fingerprint density at radius 2 is 1.75 bits per heavy atom. The number of aliphatic carboxylic acids is 1. The van der Waals surface area contributed by atoms with Crippen LogP contribution in [0.5, 0.6) is 0 Å². The van der Waals surface area contributed by atoms with Crippen molar-refractivity contribution in [3.8, 4) is 0 Å². The van der Waals surface area contributed by atoms with Crippen LogP contribution in [0, 0.1) is 23.7 Å². The summed E-state index contributed by atoms with van der Waals surface area (Å²) in [7, 11) is 0. The Balaban J connectivity index is 1.68. The smallest absolute Gasteiger partial charge is 0.338 e. The number of carbonyl (C=O) groups excluding carboxylic acids is 3. The number of anilines is 1. The van der Waals surface area contributed by atoms with E-state index < -0.39 is 23.8 Å². The van der Waals surface area contributed by atoms with E-state index in [0.29, 0.717) is 17.9 Å². The first-order valence-electron chi connectivity index (χ1n) is 8.30. The molecule has 1 aromatic rings. The maximum absolute atomic E-state index is 12.5. The molecular weight excluding hydrogens is 310 g/mol. The Bertz CT molecular complexity index is 654. The summed E-state index contributed by atoms with van der Waals surface area (Å²) in [5.41, 5.74) is 0.940. The first-order valence-corrected chi connectivity index (χ1v) is 8.30. The zero-order valence-electron chi connectivity index (χ0n) is 13.5. The Kier molecular flexibility index (Phi) is 4.55. The number of hydrogen-bond donors (Lipinski definition) is 1. The molecule has 128 valence electrons. The summed E-state index contributed by atoms with van der Waals surface area (Å²) < 4.78 is 4.91. The van der Waals surface area contributed by atoms with Crippen LogP contribution in [0.4, 0.5) is 5.69 Å². The molecule has 2 saturated carbocycles. The fraction of sp³-hybridized carbons (Fsp3) is 0.500. The van der Waals surface area contributed by atoms with E-state index in [0.717, 1.165) is 19.3 Å². The number of amides is 1. The third kappa shape index (κ3) is 3.00. The van der Waals surface area contributed by atoms with Crippen molar-refractivity contribution in [2.45, 2.75) is 26.2 Å². The Hall–Kier alpha value is -2.37. The van der Waals surface area contributed by atoms with Gasteiger partial charge in [0.05, 0.1) is 12.2 Å². The largest absolute Gasteiger partial charge is 0.550 e. The molecule has 0 saturated heterocycles. The fourth-order valence-corrected chi connectivity index (χ4v) is 4.14. The lowest BCUT2D eigenvalue weighted by atomic mass is 9.78. The standard InChI is InChI=1S/C18H21NO5/c1-2-24-18(23)10-5-7-13(8-6-10)19-16(20)14-11-3-4-12(9-11)15(14)17(21)22/h5-8,11-12,14-15H,2-4,9H2,1H3,(H,19,20)(H,21,22)/p-1/t11-,12+,14+,15+/m1/s1. The number of esters is 1. The van der Waals surface area contributed by atoms with E-state index in [1.54, 1.807) is 31.2 Å². The molecule has 2 aliphatic rings. The second-order valence-corrected chi connectivity index (χ2v) is 6.49. The lowest BCUT2D eigenvalue weighted by Gasteiger charge is -2.30. The number of hydrogen-bond acceptors (Lipinski definition) is 5. The highest BCUT2D eigenvalue weighted by Crippen LogP contribution is 2.52. The Morgan fingerprint density at radius 1 is 1.12 bits per heavy atom. The lowest BCUT2D eigenvalue weighted by molar-refractivity contribution is -0.314. The average Bonchev–Trinajstić information content (AvgIpc) is 3.16. The molecule has 2 fully saturated rings. The third-order valence-electron chi connectivity index (χ3n) is 5.15. The summed E-state index contributed by atoms with van der Waals surface area (Å²) in [6.45, 7) is 2.03. The van der Waals surface area contributed by atoms with Gasteiger partial charge in [-0.15, -0.1) is 0 Å². The summed E-state index contributed by atoms with van der Waals surface area (Å²) in [4.78, 5) is 35.6. The van der Waals surface area contributed by atoms with Crippen molar-refractivity contribution >= 4 is 23.5 Å². The Morgan fingerprint density at radius 3 is 2.33 bits per heavy atom. The summed E-state index contributed by atoms with van der Waals surface area (Å²) in [5, 5.41) is 14.2. The molecule has 6 heteroatoms. The second kappa shape index (κ2) is 6.63. The molecule has 1 N–H and O–H groups in total. The highest BCUT2D eigenvalue weighted by molar-refractivity contribution is 5.96. The van der Waals surface area contributed by atoms with Crippen molar-refractivity contribution in [3.63, 3.8) is 0 Å². The molecule has 6 nitrogen and oxygen atoms in total. The molecule has 3 rings (SSSR count). The first-order chi connectivity index (χ1) is 11.5. The molecule has 1 amide bonds. The van der Waals surface area contributed by atoms with E-state index >= 15 is 0 Å². The van der Waals surface area contributed by atoms with Gasteiger partial charge in [-0.3, -0.25) is 4.79 Å². The molecular formula is C18H20NO5-. The Labute approximate surface area is 140 Å². The van der Waals surface area contributed by atoms with Gasteiger partial charge in [0.25, 0.3) is 0 Å². The fourth-order valence-electron chi connectivity index (χ4n) is 4.14. The van der Waals surface area contributed by atoms with Crippen LogP contribution < -0.4 is 10.4 Å². The molecule has 4 atom stereocenters. The van der Waals surface area contributed by atoms with E-state index in [-0.39, 0.29) is 17.7 Å². The number of rotatable bonds is 5. The van der Waals surface area contributed by atoms with Gasteiger partial charge in [-0.1, -0.05) is 0 Å². The molecule has 0 radical (unpaired) electrons. The van der Waals surface area contributed by atoms with Gasteiger partial charge in [0.15, 0.2) is 0 Å². The predicted octanol–water partition coefficient (Wildman–Crippen LogP) is 1.21. The average molecular weight is 330 g/mol. The van der Waals surface area contributed by atoms with E-state index in [1.165, 1.54) is 0 Å². The SMILES string of the molecule is CCOC(=O)c1ccc(NC(=O)[C@H]2[C@@H]3CC[C@@H](C3)[C@@H]2C(=O)[O-])cc1. The van der Waals surface area contributed by atoms with Crippen LogP contribution in [0.25, 0.3) is 0 Å². The quantitative estimate of drug-likeness (QED) is 0.819. The van der Waals surface area contributed by atoms with Crippen molar-refractivity contribution in [3.05, 3.63) is 29.8 Å². The normalized spacial score (nSPS) is 27.7. The van der Waals surface area contributed by atoms with Crippen LogP contribution in [-0.4, -0.2) is 24.5 Å². The molecule has 0 aliphatic heterocycles. The molecule has 1 aromatic carbocycles. The maximum atomic E-state index is 12.5. The molecule has 2 aliphatic carbocycles. The molecule has 0 unspecified atom stereocenters. The summed E-state index contributed by atoms with van der Waals surface area (Å²) in [6.07, 6.45) is 2.55. The summed E-state index contributed by atoms with van der Waals surface area (Å²) in [5.74, 6) is -2.86. The minimum atomic E-state index is -1.12. The topological polar surface area (TPSA) is 95.5 Å².